The molecule has 0 spiro atoms. The topological polar surface area (TPSA) is 67.4 Å². The van der Waals surface area contributed by atoms with Crippen molar-refractivity contribution in [1.29, 1.82) is 0 Å². The molecule has 5 nitrogen and oxygen atoms in total. The van der Waals surface area contributed by atoms with Gasteiger partial charge in [-0.25, -0.2) is 13.1 Å². The lowest BCUT2D eigenvalue weighted by molar-refractivity contribution is 0.180. The SMILES string of the molecule is COCC(C)NS(=O)(=O)CC1CCCNC1. The molecule has 0 aromatic carbocycles. The summed E-state index contributed by atoms with van der Waals surface area (Å²) in [6.07, 6.45) is 2.06. The van der Waals surface area contributed by atoms with Crippen molar-refractivity contribution in [2.24, 2.45) is 5.92 Å². The van der Waals surface area contributed by atoms with Gasteiger partial charge in [0.1, 0.15) is 0 Å². The summed E-state index contributed by atoms with van der Waals surface area (Å²) in [5.41, 5.74) is 0. The van der Waals surface area contributed by atoms with Gasteiger partial charge in [0.2, 0.25) is 10.0 Å². The molecule has 1 saturated heterocycles. The van der Waals surface area contributed by atoms with Crippen LogP contribution in [-0.2, 0) is 14.8 Å². The van der Waals surface area contributed by atoms with Gasteiger partial charge in [-0.2, -0.15) is 0 Å². The first kappa shape index (κ1) is 13.9. The fourth-order valence-corrected chi connectivity index (χ4v) is 3.70. The van der Waals surface area contributed by atoms with E-state index in [1.54, 1.807) is 14.0 Å². The lowest BCUT2D eigenvalue weighted by Gasteiger charge is -2.23. The average molecular weight is 250 g/mol. The van der Waals surface area contributed by atoms with Crippen LogP contribution in [0.4, 0.5) is 0 Å². The predicted molar refractivity (Wildman–Crippen MR) is 63.9 cm³/mol. The maximum Gasteiger partial charge on any atom is 0.212 e. The maximum atomic E-state index is 11.8. The quantitative estimate of drug-likeness (QED) is 0.693. The van der Waals surface area contributed by atoms with Gasteiger partial charge in [0.05, 0.1) is 12.4 Å². The number of methoxy groups -OCH3 is 1. The van der Waals surface area contributed by atoms with Crippen molar-refractivity contribution in [2.45, 2.75) is 25.8 Å². The van der Waals surface area contributed by atoms with Crippen LogP contribution in [-0.4, -0.2) is 47.0 Å². The van der Waals surface area contributed by atoms with Gasteiger partial charge in [-0.1, -0.05) is 0 Å². The van der Waals surface area contributed by atoms with Crippen molar-refractivity contribution in [1.82, 2.24) is 10.0 Å². The second-order valence-electron chi connectivity index (χ2n) is 4.47. The standard InChI is InChI=1S/C10H22N2O3S/c1-9(7-15-2)12-16(13,14)8-10-4-3-5-11-6-10/h9-12H,3-8H2,1-2H3. The zero-order chi connectivity index (χ0) is 12.0. The largest absolute Gasteiger partial charge is 0.383 e. The van der Waals surface area contributed by atoms with E-state index in [0.29, 0.717) is 6.61 Å². The summed E-state index contributed by atoms with van der Waals surface area (Å²) in [6.45, 7) is 4.02. The minimum absolute atomic E-state index is 0.161. The number of piperidine rings is 1. The van der Waals surface area contributed by atoms with Crippen LogP contribution in [0.3, 0.4) is 0 Å². The summed E-state index contributed by atoms with van der Waals surface area (Å²) in [6, 6.07) is -0.161. The molecule has 2 N–H and O–H groups in total. The minimum Gasteiger partial charge on any atom is -0.383 e. The highest BCUT2D eigenvalue weighted by molar-refractivity contribution is 7.89. The Balaban J connectivity index is 2.38. The molecular formula is C10H22N2O3S. The molecule has 96 valence electrons. The zero-order valence-electron chi connectivity index (χ0n) is 10.0. The first-order chi connectivity index (χ1) is 7.53. The third kappa shape index (κ3) is 5.25. The highest BCUT2D eigenvalue weighted by Crippen LogP contribution is 2.12. The Morgan fingerprint density at radius 2 is 2.31 bits per heavy atom. The summed E-state index contributed by atoms with van der Waals surface area (Å²) in [5, 5.41) is 3.22. The van der Waals surface area contributed by atoms with Gasteiger partial charge >= 0.3 is 0 Å². The van der Waals surface area contributed by atoms with Crippen LogP contribution in [0.15, 0.2) is 0 Å². The predicted octanol–water partition coefficient (Wildman–Crippen LogP) is -0.0597. The smallest absolute Gasteiger partial charge is 0.212 e. The third-order valence-corrected chi connectivity index (χ3v) is 4.32. The van der Waals surface area contributed by atoms with Crippen molar-refractivity contribution in [3.05, 3.63) is 0 Å². The highest BCUT2D eigenvalue weighted by atomic mass is 32.2. The number of sulfonamides is 1. The van der Waals surface area contributed by atoms with E-state index >= 15 is 0 Å². The van der Waals surface area contributed by atoms with E-state index in [-0.39, 0.29) is 17.7 Å². The Kier molecular flexibility index (Phi) is 5.68. The summed E-state index contributed by atoms with van der Waals surface area (Å²) >= 11 is 0. The number of ether oxygens (including phenoxy) is 1. The molecule has 1 aliphatic heterocycles. The van der Waals surface area contributed by atoms with Crippen LogP contribution in [0.2, 0.25) is 0 Å². The van der Waals surface area contributed by atoms with Gasteiger partial charge in [-0.15, -0.1) is 0 Å². The Labute approximate surface area is 98.0 Å². The normalized spacial score (nSPS) is 24.2. The van der Waals surface area contributed by atoms with E-state index < -0.39 is 10.0 Å². The van der Waals surface area contributed by atoms with Crippen molar-refractivity contribution >= 4 is 10.0 Å². The van der Waals surface area contributed by atoms with Crippen LogP contribution in [0.5, 0.6) is 0 Å². The van der Waals surface area contributed by atoms with E-state index in [9.17, 15) is 8.42 Å². The Morgan fingerprint density at radius 3 is 2.88 bits per heavy atom. The lowest BCUT2D eigenvalue weighted by Crippen LogP contribution is -2.41. The van der Waals surface area contributed by atoms with Crippen molar-refractivity contribution < 1.29 is 13.2 Å². The van der Waals surface area contributed by atoms with Gasteiger partial charge in [0.15, 0.2) is 0 Å². The molecule has 2 unspecified atom stereocenters. The third-order valence-electron chi connectivity index (χ3n) is 2.65. The molecule has 16 heavy (non-hydrogen) atoms. The summed E-state index contributed by atoms with van der Waals surface area (Å²) in [4.78, 5) is 0. The lowest BCUT2D eigenvalue weighted by atomic mass is 10.0. The maximum absolute atomic E-state index is 11.8. The Morgan fingerprint density at radius 1 is 1.56 bits per heavy atom. The van der Waals surface area contributed by atoms with Crippen LogP contribution < -0.4 is 10.0 Å². The number of rotatable bonds is 6. The van der Waals surface area contributed by atoms with E-state index in [0.717, 1.165) is 25.9 Å². The molecule has 0 bridgehead atoms. The molecule has 1 rings (SSSR count). The molecule has 1 fully saturated rings. The van der Waals surface area contributed by atoms with E-state index in [2.05, 4.69) is 10.0 Å². The fourth-order valence-electron chi connectivity index (χ4n) is 2.02. The van der Waals surface area contributed by atoms with Gasteiger partial charge in [-0.3, -0.25) is 0 Å². The van der Waals surface area contributed by atoms with Gasteiger partial charge in [0, 0.05) is 13.2 Å². The average Bonchev–Trinajstić information content (AvgIpc) is 2.17. The first-order valence-electron chi connectivity index (χ1n) is 5.73. The molecule has 0 saturated carbocycles. The van der Waals surface area contributed by atoms with E-state index in [1.807, 2.05) is 0 Å². The number of nitrogens with one attached hydrogen (secondary N) is 2. The Bertz CT molecular complexity index is 286. The monoisotopic (exact) mass is 250 g/mol. The highest BCUT2D eigenvalue weighted by Gasteiger charge is 2.22. The van der Waals surface area contributed by atoms with Crippen LogP contribution in [0.1, 0.15) is 19.8 Å². The van der Waals surface area contributed by atoms with Crippen molar-refractivity contribution in [3.8, 4) is 0 Å². The summed E-state index contributed by atoms with van der Waals surface area (Å²) < 4.78 is 31.1. The molecule has 0 radical (unpaired) electrons. The molecule has 1 aliphatic rings. The van der Waals surface area contributed by atoms with Gasteiger partial charge < -0.3 is 10.1 Å². The molecule has 0 aromatic rings. The second kappa shape index (κ2) is 6.54. The van der Waals surface area contributed by atoms with Crippen LogP contribution >= 0.6 is 0 Å². The first-order valence-corrected chi connectivity index (χ1v) is 7.38. The minimum atomic E-state index is -3.17. The second-order valence-corrected chi connectivity index (χ2v) is 6.27. The van der Waals surface area contributed by atoms with Crippen LogP contribution in [0.25, 0.3) is 0 Å². The molecule has 0 aromatic heterocycles. The molecule has 1 heterocycles. The fraction of sp³-hybridized carbons (Fsp3) is 1.00. The number of hydrogen-bond acceptors (Lipinski definition) is 4. The van der Waals surface area contributed by atoms with Crippen molar-refractivity contribution in [2.75, 3.05) is 32.6 Å². The summed E-state index contributed by atoms with van der Waals surface area (Å²) in [5.74, 6) is 0.453. The zero-order valence-corrected chi connectivity index (χ0v) is 10.8. The molecule has 6 heteroatoms. The van der Waals surface area contributed by atoms with Crippen molar-refractivity contribution in [3.63, 3.8) is 0 Å². The van der Waals surface area contributed by atoms with E-state index in [1.165, 1.54) is 0 Å². The summed E-state index contributed by atoms with van der Waals surface area (Å²) in [7, 11) is -1.61. The molecule has 2 atom stereocenters. The molecular weight excluding hydrogens is 228 g/mol. The molecule has 0 aliphatic carbocycles. The van der Waals surface area contributed by atoms with Crippen LogP contribution in [0, 0.1) is 5.92 Å². The van der Waals surface area contributed by atoms with Gasteiger partial charge in [-0.05, 0) is 38.8 Å². The molecule has 0 amide bonds. The Hall–Kier alpha value is -0.170. The van der Waals surface area contributed by atoms with E-state index in [4.69, 9.17) is 4.74 Å². The number of hydrogen-bond donors (Lipinski definition) is 2. The van der Waals surface area contributed by atoms with Gasteiger partial charge in [0.25, 0.3) is 0 Å².